The fourth-order valence-corrected chi connectivity index (χ4v) is 5.25. The highest BCUT2D eigenvalue weighted by Gasteiger charge is 2.67. The molecule has 2 bridgehead atoms. The summed E-state index contributed by atoms with van der Waals surface area (Å²) in [6.45, 7) is 0. The molecule has 4 rings (SSSR count). The van der Waals surface area contributed by atoms with Crippen LogP contribution in [0.4, 0.5) is 0 Å². The molecule has 0 heterocycles. The van der Waals surface area contributed by atoms with E-state index in [-0.39, 0.29) is 5.54 Å². The van der Waals surface area contributed by atoms with Crippen molar-refractivity contribution >= 4 is 17.5 Å². The SMILES string of the molecule is O=C(NC1(CCl)CCC1)C1C2C3CCC(C3)C12. The van der Waals surface area contributed by atoms with E-state index in [1.54, 1.807) is 0 Å². The summed E-state index contributed by atoms with van der Waals surface area (Å²) < 4.78 is 0. The monoisotopic (exact) mass is 253 g/mol. The molecule has 4 saturated carbocycles. The van der Waals surface area contributed by atoms with Gasteiger partial charge in [-0.05, 0) is 62.2 Å². The maximum Gasteiger partial charge on any atom is 0.224 e. The van der Waals surface area contributed by atoms with E-state index in [1.165, 1.54) is 25.7 Å². The normalized spacial score (nSPS) is 48.4. The van der Waals surface area contributed by atoms with Crippen LogP contribution >= 0.6 is 11.6 Å². The lowest BCUT2D eigenvalue weighted by atomic mass is 9.78. The Kier molecular flexibility index (Phi) is 2.13. The van der Waals surface area contributed by atoms with Crippen molar-refractivity contribution in [2.24, 2.45) is 29.6 Å². The molecular weight excluding hydrogens is 234 g/mol. The fraction of sp³-hybridized carbons (Fsp3) is 0.929. The molecule has 0 saturated heterocycles. The number of nitrogens with one attached hydrogen (secondary N) is 1. The fourth-order valence-electron chi connectivity index (χ4n) is 4.92. The highest BCUT2D eigenvalue weighted by atomic mass is 35.5. The molecule has 4 fully saturated rings. The van der Waals surface area contributed by atoms with Gasteiger partial charge < -0.3 is 5.32 Å². The molecule has 1 amide bonds. The molecule has 0 aliphatic heterocycles. The Balaban J connectivity index is 1.43. The van der Waals surface area contributed by atoms with Gasteiger partial charge >= 0.3 is 0 Å². The van der Waals surface area contributed by atoms with E-state index in [0.29, 0.717) is 17.7 Å². The van der Waals surface area contributed by atoms with Crippen molar-refractivity contribution in [3.63, 3.8) is 0 Å². The Morgan fingerprint density at radius 3 is 2.35 bits per heavy atom. The topological polar surface area (TPSA) is 29.1 Å². The average molecular weight is 254 g/mol. The first-order chi connectivity index (χ1) is 8.24. The molecule has 17 heavy (non-hydrogen) atoms. The van der Waals surface area contributed by atoms with Gasteiger partial charge in [0, 0.05) is 11.8 Å². The summed E-state index contributed by atoms with van der Waals surface area (Å²) in [7, 11) is 0. The Hall–Kier alpha value is -0.240. The molecule has 2 nitrogen and oxygen atoms in total. The lowest BCUT2D eigenvalue weighted by Gasteiger charge is -2.41. The summed E-state index contributed by atoms with van der Waals surface area (Å²) in [6.07, 6.45) is 7.57. The molecule has 1 N–H and O–H groups in total. The van der Waals surface area contributed by atoms with Gasteiger partial charge in [-0.25, -0.2) is 0 Å². The minimum atomic E-state index is -0.0332. The number of carbonyl (C=O) groups is 1. The predicted octanol–water partition coefficient (Wildman–Crippen LogP) is 2.56. The quantitative estimate of drug-likeness (QED) is 0.770. The lowest BCUT2D eigenvalue weighted by molar-refractivity contribution is -0.126. The summed E-state index contributed by atoms with van der Waals surface area (Å²) in [5.41, 5.74) is -0.0332. The van der Waals surface area contributed by atoms with E-state index in [9.17, 15) is 4.79 Å². The number of halogens is 1. The van der Waals surface area contributed by atoms with Crippen molar-refractivity contribution in [2.75, 3.05) is 5.88 Å². The first kappa shape index (κ1) is 10.7. The predicted molar refractivity (Wildman–Crippen MR) is 66.7 cm³/mol. The first-order valence-corrected chi connectivity index (χ1v) is 7.65. The van der Waals surface area contributed by atoms with Gasteiger partial charge in [0.15, 0.2) is 0 Å². The van der Waals surface area contributed by atoms with Crippen LogP contribution in [0.25, 0.3) is 0 Å². The number of alkyl halides is 1. The second-order valence-electron chi connectivity index (χ2n) is 6.77. The molecular formula is C14H20ClNO. The zero-order valence-electron chi connectivity index (χ0n) is 10.1. The van der Waals surface area contributed by atoms with Gasteiger partial charge in [-0.2, -0.15) is 0 Å². The van der Waals surface area contributed by atoms with Crippen molar-refractivity contribution in [3.05, 3.63) is 0 Å². The minimum absolute atomic E-state index is 0.0332. The second-order valence-corrected chi connectivity index (χ2v) is 7.04. The summed E-state index contributed by atoms with van der Waals surface area (Å²) in [5, 5.41) is 3.27. The van der Waals surface area contributed by atoms with Gasteiger partial charge in [0.05, 0.1) is 5.54 Å². The third kappa shape index (κ3) is 1.36. The van der Waals surface area contributed by atoms with E-state index in [0.717, 1.165) is 36.5 Å². The summed E-state index contributed by atoms with van der Waals surface area (Å²) in [4.78, 5) is 12.3. The summed E-state index contributed by atoms with van der Waals surface area (Å²) >= 11 is 6.00. The molecule has 4 aliphatic rings. The summed E-state index contributed by atoms with van der Waals surface area (Å²) in [5.74, 6) is 4.55. The molecule has 4 aliphatic carbocycles. The van der Waals surface area contributed by atoms with Gasteiger partial charge in [-0.1, -0.05) is 0 Å². The van der Waals surface area contributed by atoms with E-state index in [1.807, 2.05) is 0 Å². The van der Waals surface area contributed by atoms with Gasteiger partial charge in [0.1, 0.15) is 0 Å². The van der Waals surface area contributed by atoms with Gasteiger partial charge in [0.2, 0.25) is 5.91 Å². The molecule has 4 atom stereocenters. The van der Waals surface area contributed by atoms with Crippen molar-refractivity contribution in [1.29, 1.82) is 0 Å². The number of carbonyl (C=O) groups excluding carboxylic acids is 1. The minimum Gasteiger partial charge on any atom is -0.349 e. The van der Waals surface area contributed by atoms with Crippen LogP contribution in [0.5, 0.6) is 0 Å². The molecule has 0 aromatic heterocycles. The highest BCUT2D eigenvalue weighted by molar-refractivity contribution is 6.18. The van der Waals surface area contributed by atoms with Crippen LogP contribution in [0.2, 0.25) is 0 Å². The highest BCUT2D eigenvalue weighted by Crippen LogP contribution is 2.69. The van der Waals surface area contributed by atoms with E-state index >= 15 is 0 Å². The Labute approximate surface area is 107 Å². The van der Waals surface area contributed by atoms with Crippen LogP contribution < -0.4 is 5.32 Å². The standard InChI is InChI=1S/C14H20ClNO/c15-7-14(4-1-5-14)16-13(17)12-10-8-2-3-9(6-8)11(10)12/h8-12H,1-7H2,(H,16,17). The van der Waals surface area contributed by atoms with Crippen molar-refractivity contribution in [3.8, 4) is 0 Å². The maximum atomic E-state index is 12.3. The Morgan fingerprint density at radius 1 is 1.24 bits per heavy atom. The van der Waals surface area contributed by atoms with Crippen LogP contribution in [-0.2, 0) is 4.79 Å². The zero-order valence-corrected chi connectivity index (χ0v) is 10.9. The maximum absolute atomic E-state index is 12.3. The van der Waals surface area contributed by atoms with Crippen molar-refractivity contribution < 1.29 is 4.79 Å². The molecule has 0 radical (unpaired) electrons. The van der Waals surface area contributed by atoms with Crippen molar-refractivity contribution in [2.45, 2.75) is 44.1 Å². The van der Waals surface area contributed by atoms with Crippen LogP contribution in [-0.4, -0.2) is 17.3 Å². The first-order valence-electron chi connectivity index (χ1n) is 7.12. The second kappa shape index (κ2) is 3.40. The lowest BCUT2D eigenvalue weighted by Crippen LogP contribution is -2.55. The largest absolute Gasteiger partial charge is 0.349 e. The smallest absolute Gasteiger partial charge is 0.224 e. The van der Waals surface area contributed by atoms with E-state index < -0.39 is 0 Å². The Bertz CT molecular complexity index is 344. The summed E-state index contributed by atoms with van der Waals surface area (Å²) in [6, 6.07) is 0. The molecule has 94 valence electrons. The zero-order chi connectivity index (χ0) is 11.6. The molecule has 0 aromatic rings. The van der Waals surface area contributed by atoms with Crippen LogP contribution in [0, 0.1) is 29.6 Å². The van der Waals surface area contributed by atoms with Crippen LogP contribution in [0.15, 0.2) is 0 Å². The van der Waals surface area contributed by atoms with E-state index in [4.69, 9.17) is 11.6 Å². The number of rotatable bonds is 3. The number of hydrogen-bond donors (Lipinski definition) is 1. The average Bonchev–Trinajstić information content (AvgIpc) is 2.73. The van der Waals surface area contributed by atoms with Gasteiger partial charge in [-0.3, -0.25) is 4.79 Å². The molecule has 0 aromatic carbocycles. The van der Waals surface area contributed by atoms with Gasteiger partial charge in [0.25, 0.3) is 0 Å². The van der Waals surface area contributed by atoms with Crippen LogP contribution in [0.3, 0.4) is 0 Å². The van der Waals surface area contributed by atoms with Gasteiger partial charge in [-0.15, -0.1) is 11.6 Å². The third-order valence-electron chi connectivity index (χ3n) is 5.99. The number of hydrogen-bond acceptors (Lipinski definition) is 1. The van der Waals surface area contributed by atoms with Crippen molar-refractivity contribution in [1.82, 2.24) is 5.32 Å². The number of amides is 1. The Morgan fingerprint density at radius 2 is 1.88 bits per heavy atom. The van der Waals surface area contributed by atoms with E-state index in [2.05, 4.69) is 5.32 Å². The molecule has 0 spiro atoms. The third-order valence-corrected chi connectivity index (χ3v) is 6.50. The van der Waals surface area contributed by atoms with Crippen LogP contribution in [0.1, 0.15) is 38.5 Å². The number of fused-ring (bicyclic) bond motifs is 5. The molecule has 4 unspecified atom stereocenters. The molecule has 3 heteroatoms.